The topological polar surface area (TPSA) is 72.9 Å². The molecule has 0 fully saturated rings. The quantitative estimate of drug-likeness (QED) is 0.909. The number of hydrogen-bond donors (Lipinski definition) is 1. The Labute approximate surface area is 122 Å². The zero-order valence-electron chi connectivity index (χ0n) is 11.2. The fourth-order valence-corrected chi connectivity index (χ4v) is 3.23. The van der Waals surface area contributed by atoms with Crippen LogP contribution < -0.4 is 10.6 Å². The van der Waals surface area contributed by atoms with Gasteiger partial charge in [0.15, 0.2) is 11.0 Å². The summed E-state index contributed by atoms with van der Waals surface area (Å²) in [5, 5.41) is 7.67. The summed E-state index contributed by atoms with van der Waals surface area (Å²) in [5.41, 5.74) is 6.48. The largest absolute Gasteiger partial charge is 0.451 e. The van der Waals surface area contributed by atoms with Gasteiger partial charge in [0.25, 0.3) is 0 Å². The third kappa shape index (κ3) is 2.48. The van der Waals surface area contributed by atoms with E-state index in [1.165, 1.54) is 11.3 Å². The summed E-state index contributed by atoms with van der Waals surface area (Å²) < 4.78 is 39.4. The number of halogens is 3. The molecule has 0 amide bonds. The Kier molecular flexibility index (Phi) is 3.36. The molecule has 10 heteroatoms. The Morgan fingerprint density at radius 2 is 2.05 bits per heavy atom. The highest BCUT2D eigenvalue weighted by atomic mass is 32.1. The average Bonchev–Trinajstić information content (AvgIpc) is 3.00. The van der Waals surface area contributed by atoms with Crippen molar-refractivity contribution >= 4 is 16.5 Å². The van der Waals surface area contributed by atoms with E-state index in [4.69, 9.17) is 5.73 Å². The molecule has 0 aliphatic carbocycles. The monoisotopic (exact) mass is 318 g/mol. The summed E-state index contributed by atoms with van der Waals surface area (Å²) in [5.74, 6) is -0.633. The lowest BCUT2D eigenvalue weighted by molar-refractivity contribution is -0.147. The molecule has 0 radical (unpaired) electrons. The van der Waals surface area contributed by atoms with Crippen LogP contribution in [0.1, 0.15) is 22.2 Å². The first-order valence-electron chi connectivity index (χ1n) is 6.30. The van der Waals surface area contributed by atoms with E-state index >= 15 is 0 Å². The summed E-state index contributed by atoms with van der Waals surface area (Å²) in [7, 11) is 0. The molecule has 0 bridgehead atoms. The summed E-state index contributed by atoms with van der Waals surface area (Å²) in [6.07, 6.45) is -4.47. The number of nitrogens with zero attached hydrogens (tertiary/aromatic N) is 5. The molecule has 3 heterocycles. The lowest BCUT2D eigenvalue weighted by Gasteiger charge is -2.27. The van der Waals surface area contributed by atoms with Gasteiger partial charge in [-0.15, -0.1) is 21.5 Å². The Morgan fingerprint density at radius 1 is 1.29 bits per heavy atom. The fraction of sp³-hybridized carbons (Fsp3) is 0.545. The van der Waals surface area contributed by atoms with Crippen LogP contribution in [0, 0.1) is 6.92 Å². The van der Waals surface area contributed by atoms with Crippen molar-refractivity contribution in [2.24, 2.45) is 5.73 Å². The maximum Gasteiger partial charge on any atom is 0.451 e. The van der Waals surface area contributed by atoms with Crippen LogP contribution in [-0.4, -0.2) is 26.3 Å². The van der Waals surface area contributed by atoms with E-state index in [-0.39, 0.29) is 13.1 Å². The molecule has 2 aromatic rings. The van der Waals surface area contributed by atoms with Crippen molar-refractivity contribution in [3.63, 3.8) is 0 Å². The number of hydrogen-bond acceptors (Lipinski definition) is 6. The van der Waals surface area contributed by atoms with Gasteiger partial charge in [-0.3, -0.25) is 0 Å². The Balaban J connectivity index is 1.86. The molecule has 2 aromatic heterocycles. The molecule has 0 spiro atoms. The van der Waals surface area contributed by atoms with Crippen molar-refractivity contribution in [3.8, 4) is 0 Å². The van der Waals surface area contributed by atoms with Crippen molar-refractivity contribution in [2.75, 3.05) is 11.4 Å². The Morgan fingerprint density at radius 3 is 2.67 bits per heavy atom. The van der Waals surface area contributed by atoms with Crippen LogP contribution in [0.15, 0.2) is 0 Å². The molecular weight excluding hydrogens is 305 g/mol. The maximum absolute atomic E-state index is 12.8. The molecule has 2 N–H and O–H groups in total. The first kappa shape index (κ1) is 14.3. The minimum atomic E-state index is -4.47. The first-order chi connectivity index (χ1) is 9.90. The van der Waals surface area contributed by atoms with Gasteiger partial charge in [-0.1, -0.05) is 0 Å². The van der Waals surface area contributed by atoms with Crippen LogP contribution in [0.5, 0.6) is 0 Å². The number of thiazole rings is 1. The molecule has 21 heavy (non-hydrogen) atoms. The van der Waals surface area contributed by atoms with Crippen LogP contribution in [0.25, 0.3) is 0 Å². The van der Waals surface area contributed by atoms with Crippen molar-refractivity contribution < 1.29 is 13.2 Å². The van der Waals surface area contributed by atoms with E-state index in [1.807, 2.05) is 11.8 Å². The van der Waals surface area contributed by atoms with Gasteiger partial charge in [0.05, 0.1) is 12.2 Å². The predicted molar refractivity (Wildman–Crippen MR) is 70.8 cm³/mol. The normalized spacial score (nSPS) is 15.4. The summed E-state index contributed by atoms with van der Waals surface area (Å²) in [6, 6.07) is 0. The van der Waals surface area contributed by atoms with Crippen LogP contribution in [0.3, 0.4) is 0 Å². The number of aryl methyl sites for hydroxylation is 1. The molecular formula is C11H13F3N6S. The number of aromatic nitrogens is 4. The highest BCUT2D eigenvalue weighted by Crippen LogP contribution is 2.32. The molecule has 0 unspecified atom stereocenters. The fourth-order valence-electron chi connectivity index (χ4n) is 2.27. The molecule has 0 saturated heterocycles. The van der Waals surface area contributed by atoms with Gasteiger partial charge >= 0.3 is 6.18 Å². The van der Waals surface area contributed by atoms with E-state index < -0.39 is 12.0 Å². The van der Waals surface area contributed by atoms with Gasteiger partial charge in [0.1, 0.15) is 0 Å². The van der Waals surface area contributed by atoms with Crippen LogP contribution in [0.2, 0.25) is 0 Å². The highest BCUT2D eigenvalue weighted by molar-refractivity contribution is 7.15. The minimum absolute atomic E-state index is 0.188. The number of fused-ring (bicyclic) bond motifs is 1. The Hall–Kier alpha value is -1.68. The second-order valence-electron chi connectivity index (χ2n) is 4.72. The van der Waals surface area contributed by atoms with Gasteiger partial charge in [0, 0.05) is 24.5 Å². The number of alkyl halides is 3. The van der Waals surface area contributed by atoms with Crippen molar-refractivity contribution in [2.45, 2.75) is 32.7 Å². The van der Waals surface area contributed by atoms with Crippen LogP contribution >= 0.6 is 11.3 Å². The molecule has 0 aromatic carbocycles. The van der Waals surface area contributed by atoms with Crippen LogP contribution in [0.4, 0.5) is 18.3 Å². The molecule has 3 rings (SSSR count). The molecule has 1 aliphatic rings. The molecule has 0 atom stereocenters. The standard InChI is InChI=1S/C11H13F3N6S/c1-6-7(4-15)21-10(16-6)19-2-3-20-8(5-19)17-18-9(20)11(12,13)14/h2-5,15H2,1H3. The predicted octanol–water partition coefficient (Wildman–Crippen LogP) is 1.54. The first-order valence-corrected chi connectivity index (χ1v) is 7.12. The minimum Gasteiger partial charge on any atom is -0.339 e. The number of nitrogens with two attached hydrogens (primary N) is 1. The van der Waals surface area contributed by atoms with Gasteiger partial charge in [0.2, 0.25) is 5.82 Å². The molecule has 1 aliphatic heterocycles. The zero-order chi connectivity index (χ0) is 15.2. The number of rotatable bonds is 2. The molecule has 6 nitrogen and oxygen atoms in total. The maximum atomic E-state index is 12.8. The summed E-state index contributed by atoms with van der Waals surface area (Å²) >= 11 is 1.46. The summed E-state index contributed by atoms with van der Waals surface area (Å²) in [6.45, 7) is 3.17. The van der Waals surface area contributed by atoms with E-state index in [9.17, 15) is 13.2 Å². The van der Waals surface area contributed by atoms with Gasteiger partial charge < -0.3 is 15.2 Å². The Bertz CT molecular complexity index is 661. The van der Waals surface area contributed by atoms with E-state index in [1.54, 1.807) is 0 Å². The zero-order valence-corrected chi connectivity index (χ0v) is 12.0. The summed E-state index contributed by atoms with van der Waals surface area (Å²) in [4.78, 5) is 7.30. The van der Waals surface area contributed by atoms with E-state index in [0.717, 1.165) is 20.3 Å². The second-order valence-corrected chi connectivity index (χ2v) is 5.78. The van der Waals surface area contributed by atoms with Crippen LogP contribution in [-0.2, 0) is 25.8 Å². The van der Waals surface area contributed by atoms with Crippen molar-refractivity contribution in [1.29, 1.82) is 0 Å². The number of anilines is 1. The van der Waals surface area contributed by atoms with Gasteiger partial charge in [-0.25, -0.2) is 4.98 Å². The molecule has 114 valence electrons. The van der Waals surface area contributed by atoms with Gasteiger partial charge in [-0.2, -0.15) is 13.2 Å². The third-order valence-corrected chi connectivity index (χ3v) is 4.58. The smallest absolute Gasteiger partial charge is 0.339 e. The van der Waals surface area contributed by atoms with Gasteiger partial charge in [-0.05, 0) is 6.92 Å². The lowest BCUT2D eigenvalue weighted by Crippen LogP contribution is -2.35. The highest BCUT2D eigenvalue weighted by Gasteiger charge is 2.39. The average molecular weight is 318 g/mol. The second kappa shape index (κ2) is 4.95. The molecule has 0 saturated carbocycles. The third-order valence-electron chi connectivity index (χ3n) is 3.34. The van der Waals surface area contributed by atoms with Crippen molar-refractivity contribution in [1.82, 2.24) is 19.7 Å². The lowest BCUT2D eigenvalue weighted by atomic mass is 10.3. The van der Waals surface area contributed by atoms with E-state index in [0.29, 0.717) is 18.9 Å². The SMILES string of the molecule is Cc1nc(N2CCn3c(nnc3C(F)(F)F)C2)sc1CN. The van der Waals surface area contributed by atoms with E-state index in [2.05, 4.69) is 15.2 Å². The van der Waals surface area contributed by atoms with Crippen molar-refractivity contribution in [3.05, 3.63) is 22.2 Å².